The number of carbonyl (C=O) groups excluding carboxylic acids is 2. The topological polar surface area (TPSA) is 95.6 Å². The lowest BCUT2D eigenvalue weighted by Gasteiger charge is -2.31. The number of carbonyl (C=O) groups is 2. The Morgan fingerprint density at radius 1 is 1.12 bits per heavy atom. The van der Waals surface area contributed by atoms with Gasteiger partial charge in [0.15, 0.2) is 0 Å². The first-order chi connectivity index (χ1) is 15.3. The van der Waals surface area contributed by atoms with Gasteiger partial charge >= 0.3 is 0 Å². The molecular formula is C23H29N3O4S2. The molecule has 32 heavy (non-hydrogen) atoms. The summed E-state index contributed by atoms with van der Waals surface area (Å²) in [7, 11) is -3.62. The zero-order valence-corrected chi connectivity index (χ0v) is 19.8. The molecule has 4 rings (SSSR count). The minimum atomic E-state index is -3.62. The average Bonchev–Trinajstić information content (AvgIpc) is 3.49. The van der Waals surface area contributed by atoms with Crippen molar-refractivity contribution in [1.29, 1.82) is 0 Å². The van der Waals surface area contributed by atoms with Crippen molar-refractivity contribution in [2.75, 3.05) is 13.1 Å². The molecule has 1 aliphatic heterocycles. The predicted molar refractivity (Wildman–Crippen MR) is 124 cm³/mol. The number of rotatable bonds is 8. The summed E-state index contributed by atoms with van der Waals surface area (Å²) in [6.45, 7) is 2.40. The van der Waals surface area contributed by atoms with Gasteiger partial charge in [-0.15, -0.1) is 11.3 Å². The van der Waals surface area contributed by atoms with E-state index in [2.05, 4.69) is 10.6 Å². The summed E-state index contributed by atoms with van der Waals surface area (Å²) < 4.78 is 27.7. The van der Waals surface area contributed by atoms with Crippen molar-refractivity contribution in [3.05, 3.63) is 52.9 Å². The Morgan fingerprint density at radius 2 is 1.88 bits per heavy atom. The summed E-state index contributed by atoms with van der Waals surface area (Å²) >= 11 is 1.24. The molecule has 1 aromatic heterocycles. The van der Waals surface area contributed by atoms with Gasteiger partial charge < -0.3 is 10.6 Å². The van der Waals surface area contributed by atoms with E-state index in [1.165, 1.54) is 15.6 Å². The number of nitrogens with one attached hydrogen (secondary N) is 2. The highest BCUT2D eigenvalue weighted by Crippen LogP contribution is 2.28. The molecule has 1 aromatic carbocycles. The number of aryl methyl sites for hydroxylation is 1. The van der Waals surface area contributed by atoms with Crippen LogP contribution in [0, 0.1) is 12.8 Å². The standard InChI is InChI=1S/C23H29N3O4S2/c1-16-9-12-21(31-16)32(29,30)26-13-5-8-18(15-26)22(27)25-20(23(28)24-19-10-11-19)14-17-6-3-2-4-7-17/h2-4,6-7,9,12,18-20H,5,8,10-11,13-15H2,1H3,(H,24,28)(H,25,27). The molecule has 2 aromatic rings. The van der Waals surface area contributed by atoms with Crippen molar-refractivity contribution in [1.82, 2.24) is 14.9 Å². The van der Waals surface area contributed by atoms with Gasteiger partial charge in [0.2, 0.25) is 11.8 Å². The maximum absolute atomic E-state index is 13.1. The molecule has 0 radical (unpaired) electrons. The van der Waals surface area contributed by atoms with E-state index in [1.54, 1.807) is 12.1 Å². The van der Waals surface area contributed by atoms with Crippen molar-refractivity contribution in [2.24, 2.45) is 5.92 Å². The molecule has 2 fully saturated rings. The van der Waals surface area contributed by atoms with E-state index in [-0.39, 0.29) is 24.4 Å². The highest BCUT2D eigenvalue weighted by Gasteiger charge is 2.36. The maximum atomic E-state index is 13.1. The molecule has 7 nitrogen and oxygen atoms in total. The Kier molecular flexibility index (Phi) is 6.97. The second-order valence-corrected chi connectivity index (χ2v) is 12.1. The highest BCUT2D eigenvalue weighted by atomic mass is 32.2. The molecule has 2 unspecified atom stereocenters. The van der Waals surface area contributed by atoms with Gasteiger partial charge in [-0.1, -0.05) is 30.3 Å². The number of thiophene rings is 1. The highest BCUT2D eigenvalue weighted by molar-refractivity contribution is 7.91. The fourth-order valence-electron chi connectivity index (χ4n) is 3.93. The normalized spacial score (nSPS) is 20.5. The van der Waals surface area contributed by atoms with E-state index < -0.39 is 22.0 Å². The molecule has 2 heterocycles. The molecule has 1 aliphatic carbocycles. The van der Waals surface area contributed by atoms with Gasteiger partial charge in [-0.25, -0.2) is 8.42 Å². The molecule has 2 amide bonds. The van der Waals surface area contributed by atoms with Crippen molar-refractivity contribution >= 4 is 33.2 Å². The minimum absolute atomic E-state index is 0.132. The summed E-state index contributed by atoms with van der Waals surface area (Å²) in [5.74, 6) is -0.926. The summed E-state index contributed by atoms with van der Waals surface area (Å²) in [6, 6.07) is 12.5. The molecule has 0 bridgehead atoms. The van der Waals surface area contributed by atoms with E-state index >= 15 is 0 Å². The summed E-state index contributed by atoms with van der Waals surface area (Å²) in [5.41, 5.74) is 0.963. The van der Waals surface area contributed by atoms with Crippen molar-refractivity contribution in [3.63, 3.8) is 0 Å². The molecule has 172 valence electrons. The van der Waals surface area contributed by atoms with Gasteiger partial charge in [0.05, 0.1) is 5.92 Å². The second-order valence-electron chi connectivity index (χ2n) is 8.60. The monoisotopic (exact) mass is 475 g/mol. The Balaban J connectivity index is 1.44. The Labute approximate surface area is 193 Å². The van der Waals surface area contributed by atoms with Crippen LogP contribution in [0.5, 0.6) is 0 Å². The lowest BCUT2D eigenvalue weighted by Crippen LogP contribution is -2.52. The smallest absolute Gasteiger partial charge is 0.252 e. The van der Waals surface area contributed by atoms with Gasteiger partial charge in [0.25, 0.3) is 10.0 Å². The third kappa shape index (κ3) is 5.57. The van der Waals surface area contributed by atoms with Crippen LogP contribution in [0.2, 0.25) is 0 Å². The molecule has 2 aliphatic rings. The van der Waals surface area contributed by atoms with E-state index in [0.717, 1.165) is 23.3 Å². The molecule has 0 spiro atoms. The molecule has 1 saturated heterocycles. The number of amides is 2. The van der Waals surface area contributed by atoms with Gasteiger partial charge in [0.1, 0.15) is 10.3 Å². The summed E-state index contributed by atoms with van der Waals surface area (Å²) in [4.78, 5) is 26.8. The maximum Gasteiger partial charge on any atom is 0.252 e. The third-order valence-corrected chi connectivity index (χ3v) is 9.24. The zero-order chi connectivity index (χ0) is 22.7. The van der Waals surface area contributed by atoms with Gasteiger partial charge in [-0.05, 0) is 50.3 Å². The van der Waals surface area contributed by atoms with Gasteiger partial charge in [-0.2, -0.15) is 4.31 Å². The van der Waals surface area contributed by atoms with Crippen LogP contribution in [0.4, 0.5) is 0 Å². The third-order valence-electron chi connectivity index (χ3n) is 5.90. The van der Waals surface area contributed by atoms with Crippen molar-refractivity contribution < 1.29 is 18.0 Å². The first-order valence-electron chi connectivity index (χ1n) is 11.0. The van der Waals surface area contributed by atoms with Crippen LogP contribution < -0.4 is 10.6 Å². The number of piperidine rings is 1. The Morgan fingerprint density at radius 3 is 2.53 bits per heavy atom. The van der Waals surface area contributed by atoms with Crippen LogP contribution in [0.25, 0.3) is 0 Å². The lowest BCUT2D eigenvalue weighted by atomic mass is 9.97. The number of hydrogen-bond donors (Lipinski definition) is 2. The molecule has 9 heteroatoms. The SMILES string of the molecule is Cc1ccc(S(=O)(=O)N2CCCC(C(=O)NC(Cc3ccccc3)C(=O)NC3CC3)C2)s1. The molecule has 2 N–H and O–H groups in total. The van der Waals surface area contributed by atoms with E-state index in [1.807, 2.05) is 37.3 Å². The number of hydrogen-bond acceptors (Lipinski definition) is 5. The minimum Gasteiger partial charge on any atom is -0.352 e. The quantitative estimate of drug-likeness (QED) is 0.613. The summed E-state index contributed by atoms with van der Waals surface area (Å²) in [5, 5.41) is 5.89. The Bertz CT molecular complexity index is 1060. The first-order valence-corrected chi connectivity index (χ1v) is 13.3. The second kappa shape index (κ2) is 9.72. The van der Waals surface area contributed by atoms with Crippen LogP contribution >= 0.6 is 11.3 Å². The van der Waals surface area contributed by atoms with E-state index in [9.17, 15) is 18.0 Å². The molecule has 2 atom stereocenters. The largest absolute Gasteiger partial charge is 0.352 e. The summed E-state index contributed by atoms with van der Waals surface area (Å²) in [6.07, 6.45) is 3.54. The van der Waals surface area contributed by atoms with E-state index in [4.69, 9.17) is 0 Å². The predicted octanol–water partition coefficient (Wildman–Crippen LogP) is 2.46. The van der Waals surface area contributed by atoms with Crippen LogP contribution in [0.3, 0.4) is 0 Å². The van der Waals surface area contributed by atoms with Crippen LogP contribution in [-0.4, -0.2) is 49.7 Å². The fourth-order valence-corrected chi connectivity index (χ4v) is 6.89. The number of nitrogens with zero attached hydrogens (tertiary/aromatic N) is 1. The van der Waals surface area contributed by atoms with Gasteiger partial charge in [0, 0.05) is 30.4 Å². The average molecular weight is 476 g/mol. The number of sulfonamides is 1. The number of benzene rings is 1. The van der Waals surface area contributed by atoms with Crippen molar-refractivity contribution in [3.8, 4) is 0 Å². The van der Waals surface area contributed by atoms with Crippen LogP contribution in [-0.2, 0) is 26.0 Å². The fraction of sp³-hybridized carbons (Fsp3) is 0.478. The van der Waals surface area contributed by atoms with Crippen LogP contribution in [0.1, 0.15) is 36.1 Å². The van der Waals surface area contributed by atoms with Crippen LogP contribution in [0.15, 0.2) is 46.7 Å². The van der Waals surface area contributed by atoms with Crippen molar-refractivity contribution in [2.45, 2.75) is 55.3 Å². The zero-order valence-electron chi connectivity index (χ0n) is 18.1. The molecular weight excluding hydrogens is 446 g/mol. The van der Waals surface area contributed by atoms with Gasteiger partial charge in [-0.3, -0.25) is 9.59 Å². The Hall–Kier alpha value is -2.23. The van der Waals surface area contributed by atoms with E-state index in [0.29, 0.717) is 30.0 Å². The lowest BCUT2D eigenvalue weighted by molar-refractivity contribution is -0.131. The molecule has 1 saturated carbocycles. The first kappa shape index (κ1) is 22.9.